The summed E-state index contributed by atoms with van der Waals surface area (Å²) in [6.45, 7) is 1.93. The predicted molar refractivity (Wildman–Crippen MR) is 55.2 cm³/mol. The highest BCUT2D eigenvalue weighted by Crippen LogP contribution is 2.23. The van der Waals surface area contributed by atoms with Crippen molar-refractivity contribution in [3.63, 3.8) is 0 Å². The molecule has 0 bridgehead atoms. The molecule has 3 heteroatoms. The Morgan fingerprint density at radius 2 is 2.13 bits per heavy atom. The Kier molecular flexibility index (Phi) is 4.31. The van der Waals surface area contributed by atoms with Gasteiger partial charge in [-0.1, -0.05) is 24.3 Å². The molecule has 1 rings (SSSR count). The van der Waals surface area contributed by atoms with Gasteiger partial charge in [-0.2, -0.15) is 0 Å². The molecule has 0 spiro atoms. The molecule has 1 aromatic carbocycles. The number of carbonyl (C=O) groups is 1. The van der Waals surface area contributed by atoms with Crippen LogP contribution in [0.15, 0.2) is 24.3 Å². The molecule has 0 radical (unpaired) electrons. The normalized spacial score (nSPS) is 12.4. The zero-order valence-electron chi connectivity index (χ0n) is 8.77. The van der Waals surface area contributed by atoms with Gasteiger partial charge in [-0.3, -0.25) is 0 Å². The van der Waals surface area contributed by atoms with E-state index >= 15 is 0 Å². The van der Waals surface area contributed by atoms with Crippen molar-refractivity contribution in [2.24, 2.45) is 0 Å². The molecule has 0 aliphatic carbocycles. The minimum absolute atomic E-state index is 0.0143. The number of aliphatic hydroxyl groups is 1. The zero-order chi connectivity index (χ0) is 11.3. The molecular formula is C12H15O3-. The van der Waals surface area contributed by atoms with Gasteiger partial charge < -0.3 is 15.0 Å². The number of carbonyl (C=O) groups excluding carboxylic acids is 1. The van der Waals surface area contributed by atoms with Crippen molar-refractivity contribution < 1.29 is 15.0 Å². The third-order valence-electron chi connectivity index (χ3n) is 2.55. The minimum atomic E-state index is -1.07. The highest BCUT2D eigenvalue weighted by Gasteiger charge is 2.11. The summed E-state index contributed by atoms with van der Waals surface area (Å²) in [4.78, 5) is 10.3. The van der Waals surface area contributed by atoms with Crippen LogP contribution in [-0.2, 0) is 4.79 Å². The van der Waals surface area contributed by atoms with Crippen molar-refractivity contribution in [3.8, 4) is 0 Å². The van der Waals surface area contributed by atoms with E-state index < -0.39 is 5.97 Å². The van der Waals surface area contributed by atoms with Gasteiger partial charge in [0.2, 0.25) is 0 Å². The fraction of sp³-hybridized carbons (Fsp3) is 0.417. The van der Waals surface area contributed by atoms with Gasteiger partial charge in [0.25, 0.3) is 0 Å². The second-order valence-electron chi connectivity index (χ2n) is 3.65. The lowest BCUT2D eigenvalue weighted by Gasteiger charge is -2.17. The first-order valence-corrected chi connectivity index (χ1v) is 5.01. The molecule has 1 aromatic rings. The summed E-state index contributed by atoms with van der Waals surface area (Å²) < 4.78 is 0. The van der Waals surface area contributed by atoms with E-state index in [-0.39, 0.29) is 18.9 Å². The van der Waals surface area contributed by atoms with Crippen LogP contribution in [0.3, 0.4) is 0 Å². The largest absolute Gasteiger partial charge is 0.550 e. The standard InChI is InChI=1S/C12H16O3/c1-9-4-2-3-5-11(9)10(8-13)6-7-12(14)15/h2-5,10,13H,6-8H2,1H3,(H,14,15)/p-1. The van der Waals surface area contributed by atoms with Gasteiger partial charge in [-0.05, 0) is 30.9 Å². The predicted octanol–water partition coefficient (Wildman–Crippen LogP) is 0.601. The molecule has 15 heavy (non-hydrogen) atoms. The van der Waals surface area contributed by atoms with Crippen LogP contribution >= 0.6 is 0 Å². The van der Waals surface area contributed by atoms with Crippen LogP contribution in [0.1, 0.15) is 29.9 Å². The van der Waals surface area contributed by atoms with Crippen molar-refractivity contribution in [2.75, 3.05) is 6.61 Å². The fourth-order valence-corrected chi connectivity index (χ4v) is 1.68. The Bertz CT molecular complexity index is 333. The molecular weight excluding hydrogens is 192 g/mol. The number of hydrogen-bond acceptors (Lipinski definition) is 3. The van der Waals surface area contributed by atoms with Crippen LogP contribution in [0.5, 0.6) is 0 Å². The molecule has 82 valence electrons. The Morgan fingerprint density at radius 3 is 2.67 bits per heavy atom. The molecule has 3 nitrogen and oxygen atoms in total. The third kappa shape index (κ3) is 3.36. The third-order valence-corrected chi connectivity index (χ3v) is 2.55. The van der Waals surface area contributed by atoms with E-state index in [0.717, 1.165) is 11.1 Å². The smallest absolute Gasteiger partial charge is 0.0499 e. The Balaban J connectivity index is 2.74. The summed E-state index contributed by atoms with van der Waals surface area (Å²) >= 11 is 0. The number of aliphatic carboxylic acids is 1. The molecule has 0 aliphatic heterocycles. The van der Waals surface area contributed by atoms with Crippen LogP contribution in [0.25, 0.3) is 0 Å². The summed E-state index contributed by atoms with van der Waals surface area (Å²) in [5.74, 6) is -1.17. The van der Waals surface area contributed by atoms with Crippen molar-refractivity contribution in [3.05, 3.63) is 35.4 Å². The monoisotopic (exact) mass is 207 g/mol. The van der Waals surface area contributed by atoms with Gasteiger partial charge in [0.1, 0.15) is 0 Å². The molecule has 0 heterocycles. The number of aryl methyl sites for hydroxylation is 1. The molecule has 0 saturated carbocycles. The first kappa shape index (κ1) is 11.7. The van der Waals surface area contributed by atoms with Gasteiger partial charge in [0.05, 0.1) is 0 Å². The Hall–Kier alpha value is -1.35. The van der Waals surface area contributed by atoms with Crippen molar-refractivity contribution >= 4 is 5.97 Å². The van der Waals surface area contributed by atoms with Crippen molar-refractivity contribution in [1.29, 1.82) is 0 Å². The van der Waals surface area contributed by atoms with E-state index in [0.29, 0.717) is 6.42 Å². The highest BCUT2D eigenvalue weighted by atomic mass is 16.4. The first-order valence-electron chi connectivity index (χ1n) is 5.01. The number of carboxylic acid groups (broad SMARTS) is 1. The second-order valence-corrected chi connectivity index (χ2v) is 3.65. The lowest BCUT2D eigenvalue weighted by molar-refractivity contribution is -0.305. The van der Waals surface area contributed by atoms with Crippen LogP contribution in [0.2, 0.25) is 0 Å². The van der Waals surface area contributed by atoms with Gasteiger partial charge >= 0.3 is 0 Å². The zero-order valence-corrected chi connectivity index (χ0v) is 8.77. The average Bonchev–Trinajstić information content (AvgIpc) is 2.21. The van der Waals surface area contributed by atoms with E-state index in [1.165, 1.54) is 0 Å². The van der Waals surface area contributed by atoms with Crippen molar-refractivity contribution in [2.45, 2.75) is 25.7 Å². The second kappa shape index (κ2) is 5.51. The van der Waals surface area contributed by atoms with Crippen LogP contribution in [-0.4, -0.2) is 17.7 Å². The number of hydrogen-bond donors (Lipinski definition) is 1. The molecule has 0 aromatic heterocycles. The van der Waals surface area contributed by atoms with Gasteiger partial charge in [0.15, 0.2) is 0 Å². The molecule has 1 unspecified atom stereocenters. The molecule has 1 atom stereocenters. The average molecular weight is 207 g/mol. The lowest BCUT2D eigenvalue weighted by atomic mass is 9.92. The van der Waals surface area contributed by atoms with Crippen LogP contribution in [0.4, 0.5) is 0 Å². The van der Waals surface area contributed by atoms with E-state index in [1.54, 1.807) is 0 Å². The van der Waals surface area contributed by atoms with E-state index in [1.807, 2.05) is 31.2 Å². The molecule has 0 amide bonds. The lowest BCUT2D eigenvalue weighted by Crippen LogP contribution is -2.23. The quantitative estimate of drug-likeness (QED) is 0.769. The summed E-state index contributed by atoms with van der Waals surface area (Å²) in [5.41, 5.74) is 2.09. The Morgan fingerprint density at radius 1 is 1.47 bits per heavy atom. The van der Waals surface area contributed by atoms with Gasteiger partial charge in [-0.25, -0.2) is 0 Å². The minimum Gasteiger partial charge on any atom is -0.550 e. The molecule has 0 saturated heterocycles. The maximum atomic E-state index is 10.3. The molecule has 0 aliphatic rings. The summed E-state index contributed by atoms with van der Waals surface area (Å²) in [7, 11) is 0. The fourth-order valence-electron chi connectivity index (χ4n) is 1.68. The summed E-state index contributed by atoms with van der Waals surface area (Å²) in [6.07, 6.45) is 0.406. The summed E-state index contributed by atoms with van der Waals surface area (Å²) in [6, 6.07) is 7.69. The van der Waals surface area contributed by atoms with Gasteiger partial charge in [-0.15, -0.1) is 0 Å². The maximum Gasteiger partial charge on any atom is 0.0499 e. The van der Waals surface area contributed by atoms with Gasteiger partial charge in [0, 0.05) is 18.5 Å². The van der Waals surface area contributed by atoms with E-state index in [4.69, 9.17) is 0 Å². The van der Waals surface area contributed by atoms with E-state index in [9.17, 15) is 15.0 Å². The van der Waals surface area contributed by atoms with Crippen molar-refractivity contribution in [1.82, 2.24) is 0 Å². The highest BCUT2D eigenvalue weighted by molar-refractivity contribution is 5.64. The van der Waals surface area contributed by atoms with Crippen LogP contribution in [0, 0.1) is 6.92 Å². The Labute approximate surface area is 89.4 Å². The van der Waals surface area contributed by atoms with E-state index in [2.05, 4.69) is 0 Å². The van der Waals surface area contributed by atoms with Crippen LogP contribution < -0.4 is 5.11 Å². The SMILES string of the molecule is Cc1ccccc1C(CO)CCC(=O)[O-]. The summed E-state index contributed by atoms with van der Waals surface area (Å²) in [5, 5.41) is 19.5. The topological polar surface area (TPSA) is 60.4 Å². The maximum absolute atomic E-state index is 10.3. The molecule has 1 N–H and O–H groups in total. The number of aliphatic hydroxyl groups excluding tert-OH is 1. The number of rotatable bonds is 5. The number of carboxylic acids is 1. The molecule has 0 fully saturated rings. The first-order chi connectivity index (χ1) is 7.15. The number of benzene rings is 1.